The maximum atomic E-state index is 11.8. The zero-order chi connectivity index (χ0) is 19.2. The Bertz CT molecular complexity index is 804. The van der Waals surface area contributed by atoms with E-state index in [2.05, 4.69) is 31.3 Å². The van der Waals surface area contributed by atoms with E-state index in [1.165, 1.54) is 11.6 Å². The molecule has 2 N–H and O–H groups in total. The number of hydrogen-bond acceptors (Lipinski definition) is 5. The summed E-state index contributed by atoms with van der Waals surface area (Å²) in [5, 5.41) is 13.5. The van der Waals surface area contributed by atoms with Crippen molar-refractivity contribution in [1.82, 2.24) is 5.32 Å². The maximum absolute atomic E-state index is 11.8. The fourth-order valence-corrected chi connectivity index (χ4v) is 3.50. The van der Waals surface area contributed by atoms with E-state index in [0.29, 0.717) is 6.54 Å². The lowest BCUT2D eigenvalue weighted by Gasteiger charge is -2.28. The zero-order valence-electron chi connectivity index (χ0n) is 15.5. The number of β-amino-alcohol motifs (C(OH)–C–C–N with tert-alkyl or cyclic N) is 1. The quantitative estimate of drug-likeness (QED) is 0.702. The highest BCUT2D eigenvalue weighted by molar-refractivity contribution is 7.90. The fourth-order valence-electron chi connectivity index (χ4n) is 2.68. The van der Waals surface area contributed by atoms with Crippen LogP contribution in [0.4, 0.5) is 0 Å². The van der Waals surface area contributed by atoms with Crippen molar-refractivity contribution in [3.05, 3.63) is 60.2 Å². The third-order valence-electron chi connectivity index (χ3n) is 3.98. The van der Waals surface area contributed by atoms with E-state index in [1.807, 2.05) is 18.2 Å². The summed E-state index contributed by atoms with van der Waals surface area (Å²) >= 11 is 0. The van der Waals surface area contributed by atoms with Crippen LogP contribution in [-0.2, 0) is 16.3 Å². The molecule has 0 radical (unpaired) electrons. The van der Waals surface area contributed by atoms with Gasteiger partial charge < -0.3 is 15.2 Å². The Morgan fingerprint density at radius 1 is 1.08 bits per heavy atom. The molecule has 0 unspecified atom stereocenters. The molecule has 0 aliphatic rings. The molecule has 142 valence electrons. The largest absolute Gasteiger partial charge is 0.489 e. The van der Waals surface area contributed by atoms with Gasteiger partial charge >= 0.3 is 0 Å². The van der Waals surface area contributed by atoms with Gasteiger partial charge in [0.1, 0.15) is 23.4 Å². The first-order valence-corrected chi connectivity index (χ1v) is 10.5. The number of hydrogen-bond donors (Lipinski definition) is 2. The first kappa shape index (κ1) is 20.4. The van der Waals surface area contributed by atoms with Gasteiger partial charge in [-0.3, -0.25) is 0 Å². The average Bonchev–Trinajstić information content (AvgIpc) is 2.58. The molecule has 5 nitrogen and oxygen atoms in total. The van der Waals surface area contributed by atoms with Crippen LogP contribution in [0.2, 0.25) is 0 Å². The molecule has 0 spiro atoms. The Morgan fingerprint density at radius 3 is 2.35 bits per heavy atom. The molecule has 6 heteroatoms. The van der Waals surface area contributed by atoms with E-state index < -0.39 is 15.9 Å². The predicted molar refractivity (Wildman–Crippen MR) is 103 cm³/mol. The van der Waals surface area contributed by atoms with Gasteiger partial charge in [0.2, 0.25) is 0 Å². The van der Waals surface area contributed by atoms with Gasteiger partial charge in [-0.15, -0.1) is 0 Å². The van der Waals surface area contributed by atoms with Crippen molar-refractivity contribution in [2.75, 3.05) is 19.4 Å². The summed E-state index contributed by atoms with van der Waals surface area (Å²) in [4.78, 5) is 0.129. The Kier molecular flexibility index (Phi) is 6.81. The molecule has 0 heterocycles. The minimum Gasteiger partial charge on any atom is -0.489 e. The van der Waals surface area contributed by atoms with Gasteiger partial charge in [0.15, 0.2) is 9.84 Å². The van der Waals surface area contributed by atoms with E-state index in [1.54, 1.807) is 18.2 Å². The Morgan fingerprint density at radius 2 is 1.69 bits per heavy atom. The molecule has 1 atom stereocenters. The van der Waals surface area contributed by atoms with Crippen molar-refractivity contribution in [3.63, 3.8) is 0 Å². The molecule has 0 fully saturated rings. The first-order valence-electron chi connectivity index (χ1n) is 8.56. The van der Waals surface area contributed by atoms with Gasteiger partial charge in [-0.05, 0) is 38.0 Å². The van der Waals surface area contributed by atoms with Crippen molar-refractivity contribution in [2.24, 2.45) is 0 Å². The summed E-state index contributed by atoms with van der Waals surface area (Å²) in [5.41, 5.74) is 1.03. The second kappa shape index (κ2) is 8.66. The average molecular weight is 378 g/mol. The molecular formula is C20H27NO4S. The SMILES string of the molecule is CC(C)(Cc1ccccc1)NC[C@H](O)COc1ccccc1S(C)(=O)=O. The smallest absolute Gasteiger partial charge is 0.179 e. The van der Waals surface area contributed by atoms with Crippen LogP contribution >= 0.6 is 0 Å². The number of ether oxygens (including phenoxy) is 1. The van der Waals surface area contributed by atoms with Crippen molar-refractivity contribution in [3.8, 4) is 5.75 Å². The lowest BCUT2D eigenvalue weighted by atomic mass is 9.95. The zero-order valence-corrected chi connectivity index (χ0v) is 16.3. The fraction of sp³-hybridized carbons (Fsp3) is 0.400. The van der Waals surface area contributed by atoms with Crippen LogP contribution in [0.1, 0.15) is 19.4 Å². The molecule has 0 amide bonds. The number of aliphatic hydroxyl groups is 1. The summed E-state index contributed by atoms with van der Waals surface area (Å²) in [6.45, 7) is 4.51. The molecule has 0 aromatic heterocycles. The molecule has 0 aliphatic carbocycles. The maximum Gasteiger partial charge on any atom is 0.179 e. The summed E-state index contributed by atoms with van der Waals surface area (Å²) in [5.74, 6) is 0.262. The minimum atomic E-state index is -3.37. The molecule has 2 aromatic rings. The Hall–Kier alpha value is -1.89. The number of sulfone groups is 1. The highest BCUT2D eigenvalue weighted by Crippen LogP contribution is 2.23. The molecule has 0 saturated heterocycles. The van der Waals surface area contributed by atoms with Crippen molar-refractivity contribution in [2.45, 2.75) is 36.8 Å². The van der Waals surface area contributed by atoms with Crippen LogP contribution in [0.15, 0.2) is 59.5 Å². The highest BCUT2D eigenvalue weighted by Gasteiger charge is 2.20. The van der Waals surface area contributed by atoms with Gasteiger partial charge in [0.25, 0.3) is 0 Å². The number of rotatable bonds is 9. The molecule has 2 rings (SSSR count). The number of benzene rings is 2. The van der Waals surface area contributed by atoms with E-state index in [4.69, 9.17) is 4.74 Å². The number of aliphatic hydroxyl groups excluding tert-OH is 1. The van der Waals surface area contributed by atoms with E-state index in [9.17, 15) is 13.5 Å². The standard InChI is InChI=1S/C20H27NO4S/c1-20(2,13-16-9-5-4-6-10-16)21-14-17(22)15-25-18-11-7-8-12-19(18)26(3,23)24/h4-12,17,21-22H,13-15H2,1-3H3/t17-/m0/s1. The van der Waals surface area contributed by atoms with Gasteiger partial charge in [-0.2, -0.15) is 0 Å². The van der Waals surface area contributed by atoms with Crippen LogP contribution in [0.3, 0.4) is 0 Å². The minimum absolute atomic E-state index is 0.0148. The number of para-hydroxylation sites is 1. The Balaban J connectivity index is 1.87. The van der Waals surface area contributed by atoms with Crippen LogP contribution in [0.25, 0.3) is 0 Å². The Labute approximate surface area is 155 Å². The van der Waals surface area contributed by atoms with Crippen molar-refractivity contribution in [1.29, 1.82) is 0 Å². The lowest BCUT2D eigenvalue weighted by molar-refractivity contribution is 0.0974. The third-order valence-corrected chi connectivity index (χ3v) is 5.12. The van der Waals surface area contributed by atoms with Crippen LogP contribution in [-0.4, -0.2) is 44.6 Å². The highest BCUT2D eigenvalue weighted by atomic mass is 32.2. The van der Waals surface area contributed by atoms with Gasteiger partial charge in [-0.1, -0.05) is 42.5 Å². The summed E-state index contributed by atoms with van der Waals surface area (Å²) in [6.07, 6.45) is 1.22. The van der Waals surface area contributed by atoms with Crippen LogP contribution < -0.4 is 10.1 Å². The lowest BCUT2D eigenvalue weighted by Crippen LogP contribution is -2.46. The molecule has 0 saturated carbocycles. The van der Waals surface area contributed by atoms with Crippen LogP contribution in [0, 0.1) is 0 Å². The molecular weight excluding hydrogens is 350 g/mol. The third kappa shape index (κ3) is 6.44. The van der Waals surface area contributed by atoms with Gasteiger partial charge in [0.05, 0.1) is 0 Å². The van der Waals surface area contributed by atoms with Gasteiger partial charge in [0, 0.05) is 18.3 Å². The second-order valence-corrected chi connectivity index (χ2v) is 9.10. The summed E-state index contributed by atoms with van der Waals surface area (Å²) in [7, 11) is -3.37. The first-order chi connectivity index (χ1) is 12.2. The molecule has 0 aliphatic heterocycles. The monoisotopic (exact) mass is 377 g/mol. The predicted octanol–water partition coefficient (Wildman–Crippen LogP) is 2.44. The topological polar surface area (TPSA) is 75.6 Å². The second-order valence-electron chi connectivity index (χ2n) is 7.11. The van der Waals surface area contributed by atoms with E-state index >= 15 is 0 Å². The van der Waals surface area contributed by atoms with E-state index in [0.717, 1.165) is 12.7 Å². The molecule has 26 heavy (non-hydrogen) atoms. The van der Waals surface area contributed by atoms with E-state index in [-0.39, 0.29) is 22.8 Å². The summed E-state index contributed by atoms with van der Waals surface area (Å²) < 4.78 is 29.1. The molecule has 2 aromatic carbocycles. The van der Waals surface area contributed by atoms with Crippen molar-refractivity contribution >= 4 is 9.84 Å². The normalized spacial score (nSPS) is 13.4. The number of nitrogens with one attached hydrogen (secondary N) is 1. The van der Waals surface area contributed by atoms with Gasteiger partial charge in [-0.25, -0.2) is 8.42 Å². The molecule has 0 bridgehead atoms. The summed E-state index contributed by atoms with van der Waals surface area (Å²) in [6, 6.07) is 16.6. The van der Waals surface area contributed by atoms with Crippen LogP contribution in [0.5, 0.6) is 5.75 Å². The van der Waals surface area contributed by atoms with Crippen molar-refractivity contribution < 1.29 is 18.3 Å².